The average molecular weight is 296 g/mol. The third-order valence-electron chi connectivity index (χ3n) is 4.54. The van der Waals surface area contributed by atoms with Gasteiger partial charge in [-0.05, 0) is 39.5 Å². The summed E-state index contributed by atoms with van der Waals surface area (Å²) in [6.45, 7) is 6.47. The molecule has 0 aliphatic carbocycles. The zero-order chi connectivity index (χ0) is 15.8. The Morgan fingerprint density at radius 3 is 2.67 bits per heavy atom. The molecule has 2 fully saturated rings. The smallest absolute Gasteiger partial charge is 0.325 e. The summed E-state index contributed by atoms with van der Waals surface area (Å²) in [6.07, 6.45) is 1.95. The van der Waals surface area contributed by atoms with E-state index in [0.717, 1.165) is 12.8 Å². The number of imide groups is 1. The van der Waals surface area contributed by atoms with Crippen LogP contribution in [0.1, 0.15) is 33.6 Å². The molecule has 0 bridgehead atoms. The van der Waals surface area contributed by atoms with Crippen molar-refractivity contribution in [3.05, 3.63) is 0 Å². The summed E-state index contributed by atoms with van der Waals surface area (Å²) in [7, 11) is 0. The van der Waals surface area contributed by atoms with Crippen molar-refractivity contribution < 1.29 is 14.4 Å². The molecule has 2 atom stereocenters. The molecule has 0 unspecified atom stereocenters. The fourth-order valence-electron chi connectivity index (χ4n) is 2.86. The van der Waals surface area contributed by atoms with E-state index in [1.54, 1.807) is 18.7 Å². The molecule has 118 valence electrons. The molecule has 7 heteroatoms. The Morgan fingerprint density at radius 1 is 1.48 bits per heavy atom. The van der Waals surface area contributed by atoms with E-state index in [1.165, 1.54) is 4.90 Å². The second-order valence-electron chi connectivity index (χ2n) is 6.51. The van der Waals surface area contributed by atoms with Gasteiger partial charge in [-0.1, -0.05) is 0 Å². The molecule has 2 heterocycles. The lowest BCUT2D eigenvalue weighted by Crippen LogP contribution is -2.52. The van der Waals surface area contributed by atoms with E-state index in [-0.39, 0.29) is 24.4 Å². The Bertz CT molecular complexity index is 461. The number of amides is 4. The lowest BCUT2D eigenvalue weighted by atomic mass is 9.92. The topological polar surface area (TPSA) is 95.7 Å². The van der Waals surface area contributed by atoms with Gasteiger partial charge >= 0.3 is 6.03 Å². The summed E-state index contributed by atoms with van der Waals surface area (Å²) in [5.41, 5.74) is 4.94. The van der Waals surface area contributed by atoms with Crippen LogP contribution in [0.3, 0.4) is 0 Å². The summed E-state index contributed by atoms with van der Waals surface area (Å²) in [4.78, 5) is 39.0. The Hall–Kier alpha value is -1.63. The van der Waals surface area contributed by atoms with Crippen molar-refractivity contribution in [3.63, 3.8) is 0 Å². The van der Waals surface area contributed by atoms with E-state index >= 15 is 0 Å². The minimum Gasteiger partial charge on any atom is -0.341 e. The predicted molar refractivity (Wildman–Crippen MR) is 77.3 cm³/mol. The van der Waals surface area contributed by atoms with E-state index in [2.05, 4.69) is 5.32 Å². The van der Waals surface area contributed by atoms with Crippen molar-refractivity contribution in [2.24, 2.45) is 11.7 Å². The molecule has 2 saturated heterocycles. The highest BCUT2D eigenvalue weighted by molar-refractivity contribution is 6.07. The van der Waals surface area contributed by atoms with Crippen LogP contribution >= 0.6 is 0 Å². The number of rotatable bonds is 3. The molecular formula is C14H24N4O3. The minimum absolute atomic E-state index is 0.0497. The molecule has 2 aliphatic rings. The maximum atomic E-state index is 12.4. The van der Waals surface area contributed by atoms with E-state index < -0.39 is 11.6 Å². The molecule has 4 amide bonds. The van der Waals surface area contributed by atoms with Crippen LogP contribution in [-0.2, 0) is 9.59 Å². The van der Waals surface area contributed by atoms with Gasteiger partial charge in [-0.2, -0.15) is 0 Å². The predicted octanol–water partition coefficient (Wildman–Crippen LogP) is -0.0974. The van der Waals surface area contributed by atoms with Crippen LogP contribution in [0.2, 0.25) is 0 Å². The Balaban J connectivity index is 2.01. The molecule has 0 aromatic carbocycles. The van der Waals surface area contributed by atoms with Crippen LogP contribution in [0.25, 0.3) is 0 Å². The van der Waals surface area contributed by atoms with Crippen molar-refractivity contribution >= 4 is 17.8 Å². The molecule has 2 aliphatic heterocycles. The number of hydrogen-bond donors (Lipinski definition) is 2. The van der Waals surface area contributed by atoms with E-state index in [1.807, 2.05) is 6.92 Å². The lowest BCUT2D eigenvalue weighted by Gasteiger charge is -2.36. The van der Waals surface area contributed by atoms with Gasteiger partial charge in [0, 0.05) is 19.1 Å². The first-order valence-electron chi connectivity index (χ1n) is 7.40. The van der Waals surface area contributed by atoms with E-state index in [0.29, 0.717) is 19.0 Å². The van der Waals surface area contributed by atoms with Gasteiger partial charge in [0.25, 0.3) is 5.91 Å². The van der Waals surface area contributed by atoms with Gasteiger partial charge in [0.05, 0.1) is 0 Å². The zero-order valence-electron chi connectivity index (χ0n) is 12.9. The van der Waals surface area contributed by atoms with Crippen molar-refractivity contribution in [3.8, 4) is 0 Å². The Morgan fingerprint density at radius 2 is 2.14 bits per heavy atom. The standard InChI is InChI=1S/C14H24N4O3/c1-9(15)10-5-4-6-17(7-10)11(19)8-18-13(21)16-12(20)14(18,2)3/h9-10H,4-8,15H2,1-3H3,(H,16,20,21)/t9-,10-/m0/s1. The average Bonchev–Trinajstić information content (AvgIpc) is 2.61. The van der Waals surface area contributed by atoms with Crippen molar-refractivity contribution in [1.29, 1.82) is 0 Å². The van der Waals surface area contributed by atoms with E-state index in [4.69, 9.17) is 5.73 Å². The third kappa shape index (κ3) is 3.02. The molecule has 0 saturated carbocycles. The summed E-state index contributed by atoms with van der Waals surface area (Å²) in [5, 5.41) is 2.25. The third-order valence-corrected chi connectivity index (χ3v) is 4.54. The summed E-state index contributed by atoms with van der Waals surface area (Å²) in [5.74, 6) is -0.199. The van der Waals surface area contributed by atoms with Crippen LogP contribution < -0.4 is 11.1 Å². The second-order valence-corrected chi connectivity index (χ2v) is 6.51. The fourth-order valence-corrected chi connectivity index (χ4v) is 2.86. The molecule has 7 nitrogen and oxygen atoms in total. The highest BCUT2D eigenvalue weighted by Gasteiger charge is 2.46. The van der Waals surface area contributed by atoms with Crippen LogP contribution in [0.5, 0.6) is 0 Å². The number of nitrogens with zero attached hydrogens (tertiary/aromatic N) is 2. The number of likely N-dealkylation sites (tertiary alicyclic amines) is 1. The number of carbonyl (C=O) groups excluding carboxylic acids is 3. The molecule has 0 radical (unpaired) electrons. The van der Waals surface area contributed by atoms with Crippen LogP contribution in [-0.4, -0.2) is 58.9 Å². The van der Waals surface area contributed by atoms with Gasteiger partial charge < -0.3 is 15.5 Å². The second kappa shape index (κ2) is 5.63. The van der Waals surface area contributed by atoms with Crippen molar-refractivity contribution in [2.45, 2.75) is 45.2 Å². The Labute approximate surface area is 124 Å². The van der Waals surface area contributed by atoms with Crippen molar-refractivity contribution in [1.82, 2.24) is 15.1 Å². The Kier molecular flexibility index (Phi) is 4.22. The van der Waals surface area contributed by atoms with Gasteiger partial charge in [0.1, 0.15) is 12.1 Å². The molecule has 21 heavy (non-hydrogen) atoms. The SMILES string of the molecule is C[C@H](N)[C@H]1CCCN(C(=O)CN2C(=O)NC(=O)C2(C)C)C1. The molecule has 0 spiro atoms. The van der Waals surface area contributed by atoms with Gasteiger partial charge in [0.15, 0.2) is 0 Å². The molecule has 2 rings (SSSR count). The largest absolute Gasteiger partial charge is 0.341 e. The quantitative estimate of drug-likeness (QED) is 0.711. The summed E-state index contributed by atoms with van der Waals surface area (Å²) < 4.78 is 0. The number of piperidine rings is 1. The van der Waals surface area contributed by atoms with Crippen molar-refractivity contribution in [2.75, 3.05) is 19.6 Å². The fraction of sp³-hybridized carbons (Fsp3) is 0.786. The maximum Gasteiger partial charge on any atom is 0.325 e. The first-order chi connectivity index (χ1) is 9.73. The molecule has 0 aromatic heterocycles. The van der Waals surface area contributed by atoms with E-state index in [9.17, 15) is 14.4 Å². The van der Waals surface area contributed by atoms with Gasteiger partial charge in [-0.25, -0.2) is 4.79 Å². The summed E-state index contributed by atoms with van der Waals surface area (Å²) >= 11 is 0. The number of urea groups is 1. The minimum atomic E-state index is -0.983. The lowest BCUT2D eigenvalue weighted by molar-refractivity contribution is -0.135. The monoisotopic (exact) mass is 296 g/mol. The normalized spacial score (nSPS) is 26.8. The van der Waals surface area contributed by atoms with Gasteiger partial charge in [-0.15, -0.1) is 0 Å². The highest BCUT2D eigenvalue weighted by atomic mass is 16.2. The van der Waals surface area contributed by atoms with Gasteiger partial charge in [0.2, 0.25) is 5.91 Å². The first-order valence-corrected chi connectivity index (χ1v) is 7.40. The number of nitrogens with one attached hydrogen (secondary N) is 1. The number of nitrogens with two attached hydrogens (primary N) is 1. The van der Waals surface area contributed by atoms with Gasteiger partial charge in [-0.3, -0.25) is 14.9 Å². The molecule has 3 N–H and O–H groups in total. The zero-order valence-corrected chi connectivity index (χ0v) is 12.9. The number of hydrogen-bond acceptors (Lipinski definition) is 4. The van der Waals surface area contributed by atoms with Crippen LogP contribution in [0.15, 0.2) is 0 Å². The van der Waals surface area contributed by atoms with Crippen LogP contribution in [0.4, 0.5) is 4.79 Å². The maximum absolute atomic E-state index is 12.4. The number of carbonyl (C=O) groups is 3. The van der Waals surface area contributed by atoms with Crippen LogP contribution in [0, 0.1) is 5.92 Å². The molecular weight excluding hydrogens is 272 g/mol. The molecule has 0 aromatic rings. The summed E-state index contributed by atoms with van der Waals surface area (Å²) in [6, 6.07) is -0.451. The highest BCUT2D eigenvalue weighted by Crippen LogP contribution is 2.23. The first kappa shape index (κ1) is 15.8.